The molecule has 0 saturated heterocycles. The quantitative estimate of drug-likeness (QED) is 0.728. The SMILES string of the molecule is CCOC(=O)NC(=O)c1ccsc1NC(=O)c1ccc2ccccc2c1. The number of rotatable bonds is 4. The number of benzene rings is 2. The average molecular weight is 368 g/mol. The first-order valence-electron chi connectivity index (χ1n) is 7.94. The lowest BCUT2D eigenvalue weighted by molar-refractivity contribution is 0.0926. The molecule has 6 nitrogen and oxygen atoms in total. The van der Waals surface area contributed by atoms with E-state index in [0.717, 1.165) is 10.8 Å². The van der Waals surface area contributed by atoms with E-state index in [4.69, 9.17) is 0 Å². The molecule has 2 aromatic carbocycles. The molecule has 2 N–H and O–H groups in total. The number of imide groups is 1. The molecule has 3 rings (SSSR count). The maximum Gasteiger partial charge on any atom is 0.414 e. The van der Waals surface area contributed by atoms with Gasteiger partial charge in [0.05, 0.1) is 12.2 Å². The van der Waals surface area contributed by atoms with Crippen LogP contribution in [0.15, 0.2) is 53.9 Å². The Morgan fingerprint density at radius 2 is 1.77 bits per heavy atom. The van der Waals surface area contributed by atoms with Crippen molar-refractivity contribution in [2.75, 3.05) is 11.9 Å². The largest absolute Gasteiger partial charge is 0.450 e. The highest BCUT2D eigenvalue weighted by Crippen LogP contribution is 2.24. The number of carbonyl (C=O) groups excluding carboxylic acids is 3. The summed E-state index contributed by atoms with van der Waals surface area (Å²) in [6.45, 7) is 1.80. The zero-order chi connectivity index (χ0) is 18.5. The Kier molecular flexibility index (Phi) is 5.28. The molecular formula is C19H16N2O4S. The van der Waals surface area contributed by atoms with Crippen LogP contribution in [0, 0.1) is 0 Å². The van der Waals surface area contributed by atoms with Crippen LogP contribution in [0.4, 0.5) is 9.80 Å². The number of anilines is 1. The van der Waals surface area contributed by atoms with Crippen molar-refractivity contribution in [2.45, 2.75) is 6.92 Å². The fraction of sp³-hybridized carbons (Fsp3) is 0.105. The molecule has 0 bridgehead atoms. The van der Waals surface area contributed by atoms with E-state index in [9.17, 15) is 14.4 Å². The Hall–Kier alpha value is -3.19. The van der Waals surface area contributed by atoms with Gasteiger partial charge in [-0.1, -0.05) is 30.3 Å². The topological polar surface area (TPSA) is 84.5 Å². The van der Waals surface area contributed by atoms with Gasteiger partial charge in [-0.2, -0.15) is 0 Å². The van der Waals surface area contributed by atoms with Crippen LogP contribution < -0.4 is 10.6 Å². The van der Waals surface area contributed by atoms with E-state index in [2.05, 4.69) is 15.4 Å². The van der Waals surface area contributed by atoms with E-state index in [0.29, 0.717) is 10.6 Å². The molecule has 0 atom stereocenters. The second kappa shape index (κ2) is 7.79. The second-order valence-electron chi connectivity index (χ2n) is 5.35. The van der Waals surface area contributed by atoms with E-state index in [1.165, 1.54) is 17.4 Å². The number of fused-ring (bicyclic) bond motifs is 1. The molecule has 7 heteroatoms. The first-order chi connectivity index (χ1) is 12.6. The highest BCUT2D eigenvalue weighted by Gasteiger charge is 2.18. The number of carbonyl (C=O) groups is 3. The van der Waals surface area contributed by atoms with Crippen LogP contribution in [0.3, 0.4) is 0 Å². The molecular weight excluding hydrogens is 352 g/mol. The zero-order valence-corrected chi connectivity index (χ0v) is 14.8. The van der Waals surface area contributed by atoms with Crippen molar-refractivity contribution < 1.29 is 19.1 Å². The van der Waals surface area contributed by atoms with Gasteiger partial charge in [-0.25, -0.2) is 4.79 Å². The van der Waals surface area contributed by atoms with Crippen molar-refractivity contribution in [3.8, 4) is 0 Å². The minimum absolute atomic E-state index is 0.161. The van der Waals surface area contributed by atoms with Gasteiger partial charge < -0.3 is 10.1 Å². The van der Waals surface area contributed by atoms with E-state index in [1.807, 2.05) is 30.3 Å². The average Bonchev–Trinajstić information content (AvgIpc) is 3.09. The Balaban J connectivity index is 1.76. The van der Waals surface area contributed by atoms with Gasteiger partial charge in [-0.15, -0.1) is 11.3 Å². The van der Waals surface area contributed by atoms with Gasteiger partial charge in [-0.05, 0) is 41.3 Å². The van der Waals surface area contributed by atoms with E-state index in [-0.39, 0.29) is 18.1 Å². The van der Waals surface area contributed by atoms with Crippen LogP contribution in [-0.4, -0.2) is 24.5 Å². The lowest BCUT2D eigenvalue weighted by Crippen LogP contribution is -2.31. The van der Waals surface area contributed by atoms with Gasteiger partial charge in [0.15, 0.2) is 0 Å². The molecule has 1 aromatic heterocycles. The van der Waals surface area contributed by atoms with Crippen molar-refractivity contribution in [2.24, 2.45) is 0 Å². The number of thiophene rings is 1. The highest BCUT2D eigenvalue weighted by molar-refractivity contribution is 7.14. The lowest BCUT2D eigenvalue weighted by Gasteiger charge is -2.08. The van der Waals surface area contributed by atoms with Crippen LogP contribution in [-0.2, 0) is 4.74 Å². The lowest BCUT2D eigenvalue weighted by atomic mass is 10.1. The summed E-state index contributed by atoms with van der Waals surface area (Å²) in [4.78, 5) is 36.1. The fourth-order valence-corrected chi connectivity index (χ4v) is 3.20. The smallest absolute Gasteiger partial charge is 0.414 e. The second-order valence-corrected chi connectivity index (χ2v) is 6.27. The predicted molar refractivity (Wildman–Crippen MR) is 101 cm³/mol. The van der Waals surface area contributed by atoms with Crippen LogP contribution in [0.25, 0.3) is 10.8 Å². The molecule has 0 aliphatic heterocycles. The van der Waals surface area contributed by atoms with Crippen LogP contribution in [0.2, 0.25) is 0 Å². The third-order valence-electron chi connectivity index (χ3n) is 3.64. The first kappa shape index (κ1) is 17.6. The molecule has 0 unspecified atom stereocenters. The number of ether oxygens (including phenoxy) is 1. The highest BCUT2D eigenvalue weighted by atomic mass is 32.1. The Morgan fingerprint density at radius 1 is 1.00 bits per heavy atom. The van der Waals surface area contributed by atoms with Gasteiger partial charge in [0.2, 0.25) is 0 Å². The third-order valence-corrected chi connectivity index (χ3v) is 4.47. The molecule has 0 aliphatic carbocycles. The van der Waals surface area contributed by atoms with Gasteiger partial charge in [0.1, 0.15) is 5.00 Å². The minimum atomic E-state index is -0.824. The summed E-state index contributed by atoms with van der Waals surface area (Å²) in [5.74, 6) is -0.957. The number of amides is 3. The van der Waals surface area contributed by atoms with Crippen molar-refractivity contribution >= 4 is 45.0 Å². The molecule has 0 aliphatic rings. The summed E-state index contributed by atoms with van der Waals surface area (Å²) in [5.41, 5.74) is 0.686. The Bertz CT molecular complexity index is 980. The van der Waals surface area contributed by atoms with Crippen LogP contribution in [0.1, 0.15) is 27.6 Å². The van der Waals surface area contributed by atoms with Crippen molar-refractivity contribution in [3.05, 3.63) is 65.0 Å². The van der Waals surface area contributed by atoms with E-state index >= 15 is 0 Å². The van der Waals surface area contributed by atoms with Crippen molar-refractivity contribution in [3.63, 3.8) is 0 Å². The zero-order valence-electron chi connectivity index (χ0n) is 13.9. The summed E-state index contributed by atoms with van der Waals surface area (Å²) < 4.78 is 4.69. The normalized spacial score (nSPS) is 10.3. The van der Waals surface area contributed by atoms with Crippen molar-refractivity contribution in [1.29, 1.82) is 0 Å². The predicted octanol–water partition coefficient (Wildman–Crippen LogP) is 4.04. The summed E-state index contributed by atoms with van der Waals surface area (Å²) in [7, 11) is 0. The van der Waals surface area contributed by atoms with Gasteiger partial charge >= 0.3 is 6.09 Å². The fourth-order valence-electron chi connectivity index (χ4n) is 2.42. The first-order valence-corrected chi connectivity index (χ1v) is 8.82. The molecule has 3 aromatic rings. The monoisotopic (exact) mass is 368 g/mol. The van der Waals surface area contributed by atoms with Crippen molar-refractivity contribution in [1.82, 2.24) is 5.32 Å². The van der Waals surface area contributed by atoms with E-state index in [1.54, 1.807) is 24.4 Å². The molecule has 0 saturated carbocycles. The Morgan fingerprint density at radius 3 is 2.54 bits per heavy atom. The molecule has 0 spiro atoms. The van der Waals surface area contributed by atoms with Crippen LogP contribution in [0.5, 0.6) is 0 Å². The van der Waals surface area contributed by atoms with Gasteiger partial charge in [0, 0.05) is 5.56 Å². The maximum atomic E-state index is 12.5. The van der Waals surface area contributed by atoms with Gasteiger partial charge in [-0.3, -0.25) is 14.9 Å². The maximum absolute atomic E-state index is 12.5. The van der Waals surface area contributed by atoms with Gasteiger partial charge in [0.25, 0.3) is 11.8 Å². The summed E-state index contributed by atoms with van der Waals surface area (Å²) in [6.07, 6.45) is -0.824. The molecule has 1 heterocycles. The number of hydrogen-bond acceptors (Lipinski definition) is 5. The summed E-state index contributed by atoms with van der Waals surface area (Å²) in [5, 5.41) is 8.86. The number of alkyl carbamates (subject to hydrolysis) is 1. The molecule has 0 fully saturated rings. The minimum Gasteiger partial charge on any atom is -0.450 e. The summed E-state index contributed by atoms with van der Waals surface area (Å²) in [6, 6.07) is 14.6. The molecule has 0 radical (unpaired) electrons. The standard InChI is InChI=1S/C19H16N2O4S/c1-2-25-19(24)21-17(23)15-9-10-26-18(15)20-16(22)14-8-7-12-5-3-4-6-13(12)11-14/h3-11H,2H2,1H3,(H,20,22)(H,21,23,24). The van der Waals surface area contributed by atoms with E-state index < -0.39 is 12.0 Å². The number of nitrogens with one attached hydrogen (secondary N) is 2. The molecule has 3 amide bonds. The summed E-state index contributed by atoms with van der Waals surface area (Å²) >= 11 is 1.20. The Labute approximate surface area is 153 Å². The third kappa shape index (κ3) is 3.89. The molecule has 26 heavy (non-hydrogen) atoms. The molecule has 132 valence electrons. The number of hydrogen-bond donors (Lipinski definition) is 2. The van der Waals surface area contributed by atoms with Crippen LogP contribution >= 0.6 is 11.3 Å².